The Morgan fingerprint density at radius 2 is 1.96 bits per heavy atom. The van der Waals surface area contributed by atoms with Gasteiger partial charge in [-0.3, -0.25) is 0 Å². The zero-order valence-electron chi connectivity index (χ0n) is 15.0. The van der Waals surface area contributed by atoms with Crippen molar-refractivity contribution in [3.8, 4) is 0 Å². The smallest absolute Gasteiger partial charge is 0.0978 e. The van der Waals surface area contributed by atoms with Crippen molar-refractivity contribution >= 4 is 0 Å². The van der Waals surface area contributed by atoms with Crippen molar-refractivity contribution in [2.75, 3.05) is 6.61 Å². The molecule has 0 amide bonds. The summed E-state index contributed by atoms with van der Waals surface area (Å²) in [4.78, 5) is 0. The standard InChI is InChI=1S/C20H34O3/c1-13-7-9-17-19(3,4)18(23)10-11-20(17,5)15(13)8-6-14(2)16(22)12-21/h15-18,21-23H,1-2,6-12H2,3-5H3. The minimum atomic E-state index is -0.819. The zero-order valence-corrected chi connectivity index (χ0v) is 15.0. The van der Waals surface area contributed by atoms with E-state index in [1.165, 1.54) is 5.57 Å². The predicted octanol–water partition coefficient (Wildman–Crippen LogP) is 3.45. The quantitative estimate of drug-likeness (QED) is 0.680. The van der Waals surface area contributed by atoms with Crippen LogP contribution in [-0.4, -0.2) is 34.1 Å². The summed E-state index contributed by atoms with van der Waals surface area (Å²) in [5.74, 6) is 0.890. The van der Waals surface area contributed by atoms with Gasteiger partial charge in [0.25, 0.3) is 0 Å². The number of hydrogen-bond acceptors (Lipinski definition) is 3. The van der Waals surface area contributed by atoms with Crippen LogP contribution in [0.15, 0.2) is 24.3 Å². The molecule has 132 valence electrons. The summed E-state index contributed by atoms with van der Waals surface area (Å²) in [7, 11) is 0. The zero-order chi connectivity index (χ0) is 17.4. The maximum Gasteiger partial charge on any atom is 0.0978 e. The van der Waals surface area contributed by atoms with Gasteiger partial charge < -0.3 is 15.3 Å². The minimum absolute atomic E-state index is 0.0619. The summed E-state index contributed by atoms with van der Waals surface area (Å²) < 4.78 is 0. The third-order valence-electron chi connectivity index (χ3n) is 6.95. The average molecular weight is 322 g/mol. The van der Waals surface area contributed by atoms with Gasteiger partial charge in [0.15, 0.2) is 0 Å². The van der Waals surface area contributed by atoms with Crippen molar-refractivity contribution in [3.63, 3.8) is 0 Å². The van der Waals surface area contributed by atoms with Gasteiger partial charge in [-0.05, 0) is 66.8 Å². The number of aliphatic hydroxyl groups excluding tert-OH is 3. The molecule has 0 heterocycles. The van der Waals surface area contributed by atoms with Crippen LogP contribution in [0.4, 0.5) is 0 Å². The van der Waals surface area contributed by atoms with E-state index in [0.717, 1.165) is 38.5 Å². The Bertz CT molecular complexity index is 468. The molecule has 5 unspecified atom stereocenters. The maximum absolute atomic E-state index is 10.5. The van der Waals surface area contributed by atoms with Crippen molar-refractivity contribution in [3.05, 3.63) is 24.3 Å². The van der Waals surface area contributed by atoms with E-state index in [9.17, 15) is 10.2 Å². The highest BCUT2D eigenvalue weighted by molar-refractivity contribution is 5.18. The first-order valence-electron chi connectivity index (χ1n) is 8.97. The van der Waals surface area contributed by atoms with Gasteiger partial charge in [-0.25, -0.2) is 0 Å². The fourth-order valence-electron chi connectivity index (χ4n) is 5.32. The molecule has 0 bridgehead atoms. The van der Waals surface area contributed by atoms with Gasteiger partial charge in [0, 0.05) is 0 Å². The summed E-state index contributed by atoms with van der Waals surface area (Å²) >= 11 is 0. The highest BCUT2D eigenvalue weighted by Gasteiger charge is 2.55. The molecule has 2 aliphatic rings. The Balaban J connectivity index is 2.18. The fourth-order valence-corrected chi connectivity index (χ4v) is 5.32. The first-order valence-corrected chi connectivity index (χ1v) is 8.97. The maximum atomic E-state index is 10.5. The van der Waals surface area contributed by atoms with E-state index in [0.29, 0.717) is 17.4 Å². The van der Waals surface area contributed by atoms with E-state index >= 15 is 0 Å². The predicted molar refractivity (Wildman–Crippen MR) is 93.9 cm³/mol. The van der Waals surface area contributed by atoms with Crippen LogP contribution in [-0.2, 0) is 0 Å². The molecular weight excluding hydrogens is 288 g/mol. The average Bonchev–Trinajstić information content (AvgIpc) is 2.49. The molecule has 0 aliphatic heterocycles. The summed E-state index contributed by atoms with van der Waals surface area (Å²) in [5, 5.41) is 29.3. The lowest BCUT2D eigenvalue weighted by molar-refractivity contribution is -0.125. The summed E-state index contributed by atoms with van der Waals surface area (Å²) in [6, 6.07) is 0. The molecule has 3 nitrogen and oxygen atoms in total. The number of fused-ring (bicyclic) bond motifs is 1. The van der Waals surface area contributed by atoms with E-state index in [1.54, 1.807) is 0 Å². The highest BCUT2D eigenvalue weighted by atomic mass is 16.3. The molecule has 2 aliphatic carbocycles. The Kier molecular flexibility index (Phi) is 5.44. The van der Waals surface area contributed by atoms with Crippen LogP contribution in [0.3, 0.4) is 0 Å². The first kappa shape index (κ1) is 18.7. The first-order chi connectivity index (χ1) is 10.6. The molecule has 0 aromatic heterocycles. The van der Waals surface area contributed by atoms with Crippen molar-refractivity contribution in [1.82, 2.24) is 0 Å². The molecular formula is C20H34O3. The number of allylic oxidation sites excluding steroid dienone is 1. The van der Waals surface area contributed by atoms with Crippen molar-refractivity contribution < 1.29 is 15.3 Å². The second kappa shape index (κ2) is 6.70. The summed E-state index contributed by atoms with van der Waals surface area (Å²) in [6.07, 6.45) is 4.61. The lowest BCUT2D eigenvalue weighted by Gasteiger charge is -2.59. The molecule has 2 fully saturated rings. The van der Waals surface area contributed by atoms with E-state index in [-0.39, 0.29) is 23.5 Å². The molecule has 0 aromatic rings. The van der Waals surface area contributed by atoms with Gasteiger partial charge in [0.1, 0.15) is 0 Å². The normalized spacial score (nSPS) is 38.0. The summed E-state index contributed by atoms with van der Waals surface area (Å²) in [6.45, 7) is 14.8. The van der Waals surface area contributed by atoms with Gasteiger partial charge in [-0.1, -0.05) is 39.5 Å². The van der Waals surface area contributed by atoms with Crippen LogP contribution >= 0.6 is 0 Å². The number of aliphatic hydroxyl groups is 3. The Hall–Kier alpha value is -0.640. The SMILES string of the molecule is C=C(CCC1C(=C)CCC2C(C)(C)C(O)CCC12C)C(O)CO. The topological polar surface area (TPSA) is 60.7 Å². The molecule has 0 spiro atoms. The molecule has 2 saturated carbocycles. The van der Waals surface area contributed by atoms with Crippen LogP contribution in [0.1, 0.15) is 59.3 Å². The Labute approximate surface area is 141 Å². The molecule has 0 aromatic carbocycles. The van der Waals surface area contributed by atoms with Crippen LogP contribution in [0.5, 0.6) is 0 Å². The monoisotopic (exact) mass is 322 g/mol. The highest BCUT2D eigenvalue weighted by Crippen LogP contribution is 2.61. The van der Waals surface area contributed by atoms with Crippen LogP contribution < -0.4 is 0 Å². The van der Waals surface area contributed by atoms with Gasteiger partial charge >= 0.3 is 0 Å². The Morgan fingerprint density at radius 3 is 2.57 bits per heavy atom. The second-order valence-electron chi connectivity index (χ2n) is 8.58. The third-order valence-corrected chi connectivity index (χ3v) is 6.95. The largest absolute Gasteiger partial charge is 0.393 e. The summed E-state index contributed by atoms with van der Waals surface area (Å²) in [5.41, 5.74) is 2.11. The Morgan fingerprint density at radius 1 is 1.30 bits per heavy atom. The van der Waals surface area contributed by atoms with Gasteiger partial charge in [0.2, 0.25) is 0 Å². The van der Waals surface area contributed by atoms with Crippen LogP contribution in [0.25, 0.3) is 0 Å². The molecule has 3 heteroatoms. The van der Waals surface area contributed by atoms with E-state index in [4.69, 9.17) is 5.11 Å². The second-order valence-corrected chi connectivity index (χ2v) is 8.58. The molecule has 3 N–H and O–H groups in total. The van der Waals surface area contributed by atoms with E-state index in [1.807, 2.05) is 0 Å². The van der Waals surface area contributed by atoms with Gasteiger partial charge in [-0.2, -0.15) is 0 Å². The van der Waals surface area contributed by atoms with Crippen LogP contribution in [0.2, 0.25) is 0 Å². The van der Waals surface area contributed by atoms with E-state index in [2.05, 4.69) is 33.9 Å². The lowest BCUT2D eigenvalue weighted by Crippen LogP contribution is -2.54. The molecule has 0 radical (unpaired) electrons. The van der Waals surface area contributed by atoms with Gasteiger partial charge in [0.05, 0.1) is 18.8 Å². The number of hydrogen-bond donors (Lipinski definition) is 3. The fraction of sp³-hybridized carbons (Fsp3) is 0.800. The van der Waals surface area contributed by atoms with E-state index < -0.39 is 6.10 Å². The third kappa shape index (κ3) is 3.29. The molecule has 5 atom stereocenters. The number of rotatable bonds is 5. The molecule has 0 saturated heterocycles. The van der Waals surface area contributed by atoms with Gasteiger partial charge in [-0.15, -0.1) is 0 Å². The van der Waals surface area contributed by atoms with Crippen LogP contribution in [0, 0.1) is 22.7 Å². The lowest BCUT2D eigenvalue weighted by atomic mass is 9.46. The van der Waals surface area contributed by atoms with Crippen molar-refractivity contribution in [2.45, 2.75) is 71.5 Å². The molecule has 2 rings (SSSR count). The van der Waals surface area contributed by atoms with Crippen molar-refractivity contribution in [1.29, 1.82) is 0 Å². The minimum Gasteiger partial charge on any atom is -0.393 e. The molecule has 23 heavy (non-hydrogen) atoms. The van der Waals surface area contributed by atoms with Crippen molar-refractivity contribution in [2.24, 2.45) is 22.7 Å².